The van der Waals surface area contributed by atoms with E-state index >= 15 is 0 Å². The first-order valence-electron chi connectivity index (χ1n) is 9.95. The standard InChI is InChI=1S/C22H25N3O3S/c1-15-8-10-25(11-9-15)18-5-3-17(4-6-18)23-22(29)24-21(26)16-2-7-19-20(14-16)28-13-12-27-19/h2-7,14-15H,8-13H2,1H3,(H2,23,24,26,29). The fourth-order valence-corrected chi connectivity index (χ4v) is 3.76. The summed E-state index contributed by atoms with van der Waals surface area (Å²) in [5.74, 6) is 1.74. The van der Waals surface area contributed by atoms with Crippen LogP contribution in [0.2, 0.25) is 0 Å². The van der Waals surface area contributed by atoms with Crippen LogP contribution in [-0.2, 0) is 0 Å². The van der Waals surface area contributed by atoms with E-state index < -0.39 is 0 Å². The molecule has 0 saturated carbocycles. The molecule has 4 rings (SSSR count). The summed E-state index contributed by atoms with van der Waals surface area (Å²) in [4.78, 5) is 14.9. The zero-order valence-corrected chi connectivity index (χ0v) is 17.3. The van der Waals surface area contributed by atoms with Gasteiger partial charge in [0.05, 0.1) is 0 Å². The van der Waals surface area contributed by atoms with Gasteiger partial charge in [0.1, 0.15) is 13.2 Å². The predicted octanol–water partition coefficient (Wildman–Crippen LogP) is 3.82. The van der Waals surface area contributed by atoms with Gasteiger partial charge >= 0.3 is 0 Å². The molecule has 0 spiro atoms. The number of amides is 1. The Bertz CT molecular complexity index is 893. The average Bonchev–Trinajstić information content (AvgIpc) is 2.74. The number of nitrogens with one attached hydrogen (secondary N) is 2. The van der Waals surface area contributed by atoms with Gasteiger partial charge in [-0.2, -0.15) is 0 Å². The minimum atomic E-state index is -0.293. The number of rotatable bonds is 3. The Balaban J connectivity index is 1.33. The van der Waals surface area contributed by atoms with Crippen LogP contribution in [-0.4, -0.2) is 37.3 Å². The van der Waals surface area contributed by atoms with Crippen LogP contribution < -0.4 is 25.0 Å². The molecule has 1 saturated heterocycles. The van der Waals surface area contributed by atoms with E-state index in [1.807, 2.05) is 12.1 Å². The van der Waals surface area contributed by atoms with Crippen molar-refractivity contribution in [2.45, 2.75) is 19.8 Å². The van der Waals surface area contributed by atoms with Gasteiger partial charge in [-0.1, -0.05) is 6.92 Å². The molecule has 2 aliphatic heterocycles. The van der Waals surface area contributed by atoms with Gasteiger partial charge in [0.25, 0.3) is 5.91 Å². The Morgan fingerprint density at radius 1 is 1.03 bits per heavy atom. The van der Waals surface area contributed by atoms with E-state index in [4.69, 9.17) is 21.7 Å². The molecule has 0 unspecified atom stereocenters. The maximum Gasteiger partial charge on any atom is 0.257 e. The second-order valence-electron chi connectivity index (χ2n) is 7.48. The lowest BCUT2D eigenvalue weighted by molar-refractivity contribution is 0.0976. The summed E-state index contributed by atoms with van der Waals surface area (Å²) >= 11 is 5.29. The molecule has 2 heterocycles. The van der Waals surface area contributed by atoms with E-state index in [1.165, 1.54) is 18.5 Å². The maximum absolute atomic E-state index is 12.5. The molecule has 6 nitrogen and oxygen atoms in total. The Morgan fingerprint density at radius 2 is 1.72 bits per heavy atom. The van der Waals surface area contributed by atoms with Crippen LogP contribution in [0.15, 0.2) is 42.5 Å². The Kier molecular flexibility index (Phi) is 5.85. The van der Waals surface area contributed by atoms with Crippen LogP contribution in [0.1, 0.15) is 30.1 Å². The molecule has 0 radical (unpaired) electrons. The number of piperidine rings is 1. The summed E-state index contributed by atoms with van der Waals surface area (Å²) in [7, 11) is 0. The molecule has 2 aromatic rings. The number of hydrogen-bond donors (Lipinski definition) is 2. The van der Waals surface area contributed by atoms with Crippen LogP contribution in [0.3, 0.4) is 0 Å². The molecule has 0 bridgehead atoms. The highest BCUT2D eigenvalue weighted by molar-refractivity contribution is 7.80. The van der Waals surface area contributed by atoms with Gasteiger partial charge in [0, 0.05) is 30.0 Å². The topological polar surface area (TPSA) is 62.8 Å². The molecule has 29 heavy (non-hydrogen) atoms. The monoisotopic (exact) mass is 411 g/mol. The Hall–Kier alpha value is -2.80. The van der Waals surface area contributed by atoms with Crippen LogP contribution in [0.25, 0.3) is 0 Å². The highest BCUT2D eigenvalue weighted by Crippen LogP contribution is 2.30. The smallest absolute Gasteiger partial charge is 0.257 e. The van der Waals surface area contributed by atoms with Crippen LogP contribution in [0.4, 0.5) is 11.4 Å². The number of thiocarbonyl (C=S) groups is 1. The van der Waals surface area contributed by atoms with E-state index in [0.29, 0.717) is 30.3 Å². The van der Waals surface area contributed by atoms with Gasteiger partial charge in [-0.25, -0.2) is 0 Å². The summed E-state index contributed by atoms with van der Waals surface area (Å²) < 4.78 is 11.0. The van der Waals surface area contributed by atoms with E-state index in [9.17, 15) is 4.79 Å². The average molecular weight is 412 g/mol. The van der Waals surface area contributed by atoms with Gasteiger partial charge in [-0.05, 0) is 73.4 Å². The predicted molar refractivity (Wildman–Crippen MR) is 118 cm³/mol. The number of carbonyl (C=O) groups excluding carboxylic acids is 1. The van der Waals surface area contributed by atoms with Crippen LogP contribution in [0.5, 0.6) is 11.5 Å². The summed E-state index contributed by atoms with van der Waals surface area (Å²) in [6, 6.07) is 13.2. The van der Waals surface area contributed by atoms with Crippen molar-refractivity contribution in [2.24, 2.45) is 5.92 Å². The van der Waals surface area contributed by atoms with Gasteiger partial charge in [-0.3, -0.25) is 10.1 Å². The maximum atomic E-state index is 12.5. The fraction of sp³-hybridized carbons (Fsp3) is 0.364. The molecular formula is C22H25N3O3S. The number of carbonyl (C=O) groups is 1. The number of benzene rings is 2. The minimum absolute atomic E-state index is 0.254. The van der Waals surface area contributed by atoms with Gasteiger partial charge in [-0.15, -0.1) is 0 Å². The third-order valence-corrected chi connectivity index (χ3v) is 5.51. The summed E-state index contributed by atoms with van der Waals surface area (Å²) in [6.45, 7) is 5.49. The van der Waals surface area contributed by atoms with E-state index in [0.717, 1.165) is 24.7 Å². The van der Waals surface area contributed by atoms with Crippen molar-refractivity contribution in [1.82, 2.24) is 5.32 Å². The zero-order valence-electron chi connectivity index (χ0n) is 16.4. The molecule has 2 aliphatic rings. The summed E-state index contributed by atoms with van der Waals surface area (Å²) in [6.07, 6.45) is 2.46. The largest absolute Gasteiger partial charge is 0.486 e. The van der Waals surface area contributed by atoms with Gasteiger partial charge in [0.2, 0.25) is 0 Å². The molecule has 0 atom stereocenters. The second kappa shape index (κ2) is 8.69. The number of nitrogens with zero attached hydrogens (tertiary/aromatic N) is 1. The first kappa shape index (κ1) is 19.5. The number of anilines is 2. The van der Waals surface area contributed by atoms with E-state index in [2.05, 4.69) is 34.6 Å². The van der Waals surface area contributed by atoms with E-state index in [-0.39, 0.29) is 11.0 Å². The van der Waals surface area contributed by atoms with Crippen molar-refractivity contribution in [3.05, 3.63) is 48.0 Å². The van der Waals surface area contributed by atoms with Crippen molar-refractivity contribution in [3.8, 4) is 11.5 Å². The molecule has 2 aromatic carbocycles. The molecule has 0 aromatic heterocycles. The lowest BCUT2D eigenvalue weighted by Gasteiger charge is -2.32. The van der Waals surface area contributed by atoms with Gasteiger partial charge < -0.3 is 19.7 Å². The molecule has 1 amide bonds. The third-order valence-electron chi connectivity index (χ3n) is 5.31. The third kappa shape index (κ3) is 4.79. The number of hydrogen-bond acceptors (Lipinski definition) is 5. The Morgan fingerprint density at radius 3 is 2.45 bits per heavy atom. The second-order valence-corrected chi connectivity index (χ2v) is 7.89. The minimum Gasteiger partial charge on any atom is -0.486 e. The molecule has 2 N–H and O–H groups in total. The van der Waals surface area contributed by atoms with Gasteiger partial charge in [0.15, 0.2) is 16.6 Å². The van der Waals surface area contributed by atoms with E-state index in [1.54, 1.807) is 18.2 Å². The Labute approximate surface area is 176 Å². The lowest BCUT2D eigenvalue weighted by atomic mass is 9.99. The quantitative estimate of drug-likeness (QED) is 0.749. The first-order valence-corrected chi connectivity index (χ1v) is 10.4. The lowest BCUT2D eigenvalue weighted by Crippen LogP contribution is -2.34. The van der Waals surface area contributed by atoms with Crippen molar-refractivity contribution in [1.29, 1.82) is 0 Å². The van der Waals surface area contributed by atoms with Crippen LogP contribution >= 0.6 is 12.2 Å². The molecular weight excluding hydrogens is 386 g/mol. The van der Waals surface area contributed by atoms with Crippen molar-refractivity contribution >= 4 is 34.6 Å². The van der Waals surface area contributed by atoms with Crippen molar-refractivity contribution in [3.63, 3.8) is 0 Å². The van der Waals surface area contributed by atoms with Crippen molar-refractivity contribution in [2.75, 3.05) is 36.5 Å². The van der Waals surface area contributed by atoms with Crippen LogP contribution in [0, 0.1) is 5.92 Å². The normalized spacial score (nSPS) is 16.2. The zero-order chi connectivity index (χ0) is 20.2. The fourth-order valence-electron chi connectivity index (χ4n) is 3.54. The number of ether oxygens (including phenoxy) is 2. The molecule has 7 heteroatoms. The molecule has 1 fully saturated rings. The SMILES string of the molecule is CC1CCN(c2ccc(NC(=S)NC(=O)c3ccc4c(c3)OCCO4)cc2)CC1. The number of fused-ring (bicyclic) bond motifs is 1. The first-order chi connectivity index (χ1) is 14.1. The molecule has 152 valence electrons. The summed E-state index contributed by atoms with van der Waals surface area (Å²) in [5.41, 5.74) is 2.52. The molecule has 0 aliphatic carbocycles. The highest BCUT2D eigenvalue weighted by Gasteiger charge is 2.17. The highest BCUT2D eigenvalue weighted by atomic mass is 32.1. The van der Waals surface area contributed by atoms with Crippen molar-refractivity contribution < 1.29 is 14.3 Å². The summed E-state index contributed by atoms with van der Waals surface area (Å²) in [5, 5.41) is 6.03.